The van der Waals surface area contributed by atoms with Gasteiger partial charge in [-0.25, -0.2) is 0 Å². The Kier molecular flexibility index (Phi) is 4.20. The maximum atomic E-state index is 11.2. The van der Waals surface area contributed by atoms with Gasteiger partial charge < -0.3 is 0 Å². The van der Waals surface area contributed by atoms with Crippen LogP contribution in [0.4, 0.5) is 0 Å². The van der Waals surface area contributed by atoms with Crippen molar-refractivity contribution in [2.45, 2.75) is 52.4 Å². The van der Waals surface area contributed by atoms with Gasteiger partial charge >= 0.3 is 0 Å². The van der Waals surface area contributed by atoms with Crippen LogP contribution in [0.25, 0.3) is 0 Å². The highest BCUT2D eigenvalue weighted by molar-refractivity contribution is 5.93. The first-order valence-electron chi connectivity index (χ1n) is 5.51. The minimum absolute atomic E-state index is 0.351. The van der Waals surface area contributed by atoms with Crippen LogP contribution in [0, 0.1) is 5.92 Å². The summed E-state index contributed by atoms with van der Waals surface area (Å²) >= 11 is 0. The first kappa shape index (κ1) is 10.5. The Morgan fingerprint density at radius 3 is 2.77 bits per heavy atom. The Labute approximate surface area is 81.2 Å². The highest BCUT2D eigenvalue weighted by atomic mass is 16.1. The van der Waals surface area contributed by atoms with Gasteiger partial charge in [-0.3, -0.25) is 4.79 Å². The zero-order valence-electron chi connectivity index (χ0n) is 8.81. The van der Waals surface area contributed by atoms with Crippen molar-refractivity contribution in [2.24, 2.45) is 5.92 Å². The molecule has 1 rings (SSSR count). The third kappa shape index (κ3) is 2.98. The molecule has 0 radical (unpaired) electrons. The SMILES string of the molecule is CCCCC1CC(=O)C=C1CCC. The maximum absolute atomic E-state index is 11.2. The smallest absolute Gasteiger partial charge is 0.156 e. The van der Waals surface area contributed by atoms with E-state index in [-0.39, 0.29) is 0 Å². The van der Waals surface area contributed by atoms with E-state index in [9.17, 15) is 4.79 Å². The van der Waals surface area contributed by atoms with Crippen LogP contribution in [-0.2, 0) is 4.79 Å². The summed E-state index contributed by atoms with van der Waals surface area (Å²) in [6.45, 7) is 4.39. The van der Waals surface area contributed by atoms with Gasteiger partial charge in [0.2, 0.25) is 0 Å². The van der Waals surface area contributed by atoms with Crippen LogP contribution in [0.3, 0.4) is 0 Å². The van der Waals surface area contributed by atoms with Gasteiger partial charge in [-0.2, -0.15) is 0 Å². The van der Waals surface area contributed by atoms with Crippen LogP contribution in [0.5, 0.6) is 0 Å². The van der Waals surface area contributed by atoms with Crippen LogP contribution < -0.4 is 0 Å². The lowest BCUT2D eigenvalue weighted by Crippen LogP contribution is -2.00. The molecule has 0 saturated heterocycles. The molecule has 0 aromatic heterocycles. The average molecular weight is 180 g/mol. The number of ketones is 1. The third-order valence-electron chi connectivity index (χ3n) is 2.76. The Hall–Kier alpha value is -0.590. The number of rotatable bonds is 5. The van der Waals surface area contributed by atoms with Gasteiger partial charge in [-0.15, -0.1) is 0 Å². The zero-order valence-corrected chi connectivity index (χ0v) is 8.81. The molecule has 1 nitrogen and oxygen atoms in total. The van der Waals surface area contributed by atoms with Crippen LogP contribution >= 0.6 is 0 Å². The van der Waals surface area contributed by atoms with Crippen molar-refractivity contribution < 1.29 is 4.79 Å². The molecule has 1 aliphatic rings. The fraction of sp³-hybridized carbons (Fsp3) is 0.750. The molecule has 0 bridgehead atoms. The number of hydrogen-bond donors (Lipinski definition) is 0. The predicted molar refractivity (Wildman–Crippen MR) is 55.6 cm³/mol. The van der Waals surface area contributed by atoms with Crippen molar-refractivity contribution in [2.75, 3.05) is 0 Å². The van der Waals surface area contributed by atoms with E-state index in [1.165, 1.54) is 31.3 Å². The molecule has 0 spiro atoms. The standard InChI is InChI=1S/C12H20O/c1-3-5-7-11-9-12(13)8-10(11)6-4-2/h8,11H,3-7,9H2,1-2H3. The monoisotopic (exact) mass is 180 g/mol. The van der Waals surface area contributed by atoms with Gasteiger partial charge in [0, 0.05) is 6.42 Å². The molecule has 0 N–H and O–H groups in total. The Balaban J connectivity index is 2.45. The molecule has 1 aliphatic carbocycles. The molecule has 0 aromatic rings. The van der Waals surface area contributed by atoms with Gasteiger partial charge in [0.15, 0.2) is 5.78 Å². The van der Waals surface area contributed by atoms with E-state index in [4.69, 9.17) is 0 Å². The highest BCUT2D eigenvalue weighted by Gasteiger charge is 2.22. The van der Waals surface area contributed by atoms with Gasteiger partial charge in [0.25, 0.3) is 0 Å². The summed E-state index contributed by atoms with van der Waals surface area (Å²) in [7, 11) is 0. The van der Waals surface area contributed by atoms with E-state index in [0.29, 0.717) is 11.7 Å². The fourth-order valence-corrected chi connectivity index (χ4v) is 2.06. The molecular formula is C12H20O. The van der Waals surface area contributed by atoms with E-state index < -0.39 is 0 Å². The van der Waals surface area contributed by atoms with Gasteiger partial charge in [-0.1, -0.05) is 38.7 Å². The van der Waals surface area contributed by atoms with Crippen molar-refractivity contribution in [3.63, 3.8) is 0 Å². The summed E-state index contributed by atoms with van der Waals surface area (Å²) in [6, 6.07) is 0. The van der Waals surface area contributed by atoms with Crippen LogP contribution in [-0.4, -0.2) is 5.78 Å². The number of allylic oxidation sites excluding steroid dienone is 2. The summed E-state index contributed by atoms with van der Waals surface area (Å²) in [4.78, 5) is 11.2. The van der Waals surface area contributed by atoms with E-state index in [2.05, 4.69) is 13.8 Å². The molecule has 1 atom stereocenters. The lowest BCUT2D eigenvalue weighted by molar-refractivity contribution is -0.114. The minimum Gasteiger partial charge on any atom is -0.295 e. The molecule has 0 aromatic carbocycles. The molecule has 0 saturated carbocycles. The fourth-order valence-electron chi connectivity index (χ4n) is 2.06. The summed E-state index contributed by atoms with van der Waals surface area (Å²) in [5.74, 6) is 0.942. The van der Waals surface area contributed by atoms with E-state index in [0.717, 1.165) is 12.8 Å². The highest BCUT2D eigenvalue weighted by Crippen LogP contribution is 2.31. The first-order valence-corrected chi connectivity index (χ1v) is 5.51. The number of carbonyl (C=O) groups is 1. The molecule has 1 heteroatoms. The van der Waals surface area contributed by atoms with Gasteiger partial charge in [0.05, 0.1) is 0 Å². The number of unbranched alkanes of at least 4 members (excludes halogenated alkanes) is 1. The van der Waals surface area contributed by atoms with Crippen molar-refractivity contribution in [1.82, 2.24) is 0 Å². The van der Waals surface area contributed by atoms with Crippen molar-refractivity contribution >= 4 is 5.78 Å². The number of hydrogen-bond acceptors (Lipinski definition) is 1. The molecule has 0 aliphatic heterocycles. The van der Waals surface area contributed by atoms with Crippen molar-refractivity contribution in [3.05, 3.63) is 11.6 Å². The third-order valence-corrected chi connectivity index (χ3v) is 2.76. The molecular weight excluding hydrogens is 160 g/mol. The van der Waals surface area contributed by atoms with Gasteiger partial charge in [-0.05, 0) is 24.8 Å². The normalized spacial score (nSPS) is 22.2. The zero-order chi connectivity index (χ0) is 9.68. The maximum Gasteiger partial charge on any atom is 0.156 e. The van der Waals surface area contributed by atoms with Crippen molar-refractivity contribution in [1.29, 1.82) is 0 Å². The summed E-state index contributed by atoms with van der Waals surface area (Å²) in [5.41, 5.74) is 1.42. The molecule has 0 heterocycles. The van der Waals surface area contributed by atoms with Crippen LogP contribution in [0.15, 0.2) is 11.6 Å². The molecule has 74 valence electrons. The summed E-state index contributed by atoms with van der Waals surface area (Å²) in [5, 5.41) is 0. The van der Waals surface area contributed by atoms with Crippen LogP contribution in [0.1, 0.15) is 52.4 Å². The molecule has 1 unspecified atom stereocenters. The second-order valence-electron chi connectivity index (χ2n) is 3.98. The van der Waals surface area contributed by atoms with Crippen molar-refractivity contribution in [3.8, 4) is 0 Å². The van der Waals surface area contributed by atoms with E-state index in [1.54, 1.807) is 0 Å². The Morgan fingerprint density at radius 2 is 2.15 bits per heavy atom. The largest absolute Gasteiger partial charge is 0.295 e. The molecule has 0 amide bonds. The molecule has 13 heavy (non-hydrogen) atoms. The summed E-state index contributed by atoms with van der Waals surface area (Å²) in [6.07, 6.45) is 8.69. The minimum atomic E-state index is 0.351. The van der Waals surface area contributed by atoms with E-state index in [1.807, 2.05) is 6.08 Å². The second-order valence-corrected chi connectivity index (χ2v) is 3.98. The summed E-state index contributed by atoms with van der Waals surface area (Å²) < 4.78 is 0. The van der Waals surface area contributed by atoms with Crippen LogP contribution in [0.2, 0.25) is 0 Å². The second kappa shape index (κ2) is 5.21. The quantitative estimate of drug-likeness (QED) is 0.633. The first-order chi connectivity index (χ1) is 6.27. The Morgan fingerprint density at radius 1 is 1.38 bits per heavy atom. The predicted octanol–water partition coefficient (Wildman–Crippen LogP) is 3.49. The number of carbonyl (C=O) groups excluding carboxylic acids is 1. The topological polar surface area (TPSA) is 17.1 Å². The van der Waals surface area contributed by atoms with E-state index >= 15 is 0 Å². The van der Waals surface area contributed by atoms with Gasteiger partial charge in [0.1, 0.15) is 0 Å². The lowest BCUT2D eigenvalue weighted by Gasteiger charge is -2.12. The lowest BCUT2D eigenvalue weighted by atomic mass is 9.93. The average Bonchev–Trinajstić information content (AvgIpc) is 2.44. The molecule has 0 fully saturated rings. The Bertz CT molecular complexity index is 203.